The molecule has 0 unspecified atom stereocenters. The van der Waals surface area contributed by atoms with Gasteiger partial charge in [-0.2, -0.15) is 0 Å². The number of hydrogen-bond acceptors (Lipinski definition) is 5. The molecular formula is C25H22N2O4. The van der Waals surface area contributed by atoms with Crippen molar-refractivity contribution in [2.45, 2.75) is 13.0 Å². The first kappa shape index (κ1) is 20.2. The van der Waals surface area contributed by atoms with Gasteiger partial charge < -0.3 is 19.6 Å². The summed E-state index contributed by atoms with van der Waals surface area (Å²) in [5, 5.41) is 0. The van der Waals surface area contributed by atoms with Crippen LogP contribution in [-0.2, 0) is 17.8 Å². The van der Waals surface area contributed by atoms with Crippen LogP contribution in [0.5, 0.6) is 11.5 Å². The average molecular weight is 414 g/mol. The number of hydrogen-bond donors (Lipinski definition) is 1. The summed E-state index contributed by atoms with van der Waals surface area (Å²) in [5.41, 5.74) is 8.73. The maximum atomic E-state index is 11.4. The van der Waals surface area contributed by atoms with E-state index in [9.17, 15) is 4.79 Å². The monoisotopic (exact) mass is 414 g/mol. The predicted octanol–water partition coefficient (Wildman–Crippen LogP) is 4.62. The van der Waals surface area contributed by atoms with Gasteiger partial charge in [-0.25, -0.2) is 4.98 Å². The van der Waals surface area contributed by atoms with Crippen molar-refractivity contribution in [3.63, 3.8) is 0 Å². The first-order valence-corrected chi connectivity index (χ1v) is 9.82. The fraction of sp³-hybridized carbons (Fsp3) is 0.120. The lowest BCUT2D eigenvalue weighted by Crippen LogP contribution is -2.13. The average Bonchev–Trinajstić information content (AvgIpc) is 3.22. The van der Waals surface area contributed by atoms with E-state index in [4.69, 9.17) is 19.6 Å². The highest BCUT2D eigenvalue weighted by Crippen LogP contribution is 2.34. The maximum absolute atomic E-state index is 11.4. The number of aromatic nitrogens is 1. The zero-order valence-electron chi connectivity index (χ0n) is 17.1. The number of primary amides is 1. The molecule has 2 N–H and O–H groups in total. The highest BCUT2D eigenvalue weighted by atomic mass is 16.5. The van der Waals surface area contributed by atoms with E-state index in [1.54, 1.807) is 7.11 Å². The summed E-state index contributed by atoms with van der Waals surface area (Å²) in [6.07, 6.45) is -0.0680. The van der Waals surface area contributed by atoms with Crippen molar-refractivity contribution >= 4 is 5.91 Å². The fourth-order valence-electron chi connectivity index (χ4n) is 3.17. The summed E-state index contributed by atoms with van der Waals surface area (Å²) in [6, 6.07) is 25.0. The van der Waals surface area contributed by atoms with Crippen molar-refractivity contribution in [1.82, 2.24) is 4.98 Å². The standard InChI is InChI=1S/C25H22N2O4/c1-29-20-11-7-18(8-12-20)24-25(31-23(27-24)15-22(26)28)19-9-13-21(14-10-19)30-16-17-5-3-2-4-6-17/h2-14H,15-16H2,1H3,(H2,26,28). The summed E-state index contributed by atoms with van der Waals surface area (Å²) in [4.78, 5) is 15.9. The zero-order chi connectivity index (χ0) is 21.6. The van der Waals surface area contributed by atoms with Crippen molar-refractivity contribution in [2.75, 3.05) is 7.11 Å². The molecule has 1 amide bonds. The Morgan fingerprint density at radius 1 is 0.903 bits per heavy atom. The normalized spacial score (nSPS) is 10.6. The lowest BCUT2D eigenvalue weighted by Gasteiger charge is -2.07. The second kappa shape index (κ2) is 9.17. The number of nitrogens with zero attached hydrogens (tertiary/aromatic N) is 1. The van der Waals surface area contributed by atoms with E-state index in [0.717, 1.165) is 28.2 Å². The molecule has 0 saturated carbocycles. The summed E-state index contributed by atoms with van der Waals surface area (Å²) in [6.45, 7) is 0.488. The van der Waals surface area contributed by atoms with E-state index in [0.29, 0.717) is 18.1 Å². The first-order valence-electron chi connectivity index (χ1n) is 9.82. The minimum atomic E-state index is -0.501. The molecular weight excluding hydrogens is 392 g/mol. The minimum Gasteiger partial charge on any atom is -0.497 e. The van der Waals surface area contributed by atoms with Crippen molar-refractivity contribution in [3.8, 4) is 34.1 Å². The predicted molar refractivity (Wildman–Crippen MR) is 118 cm³/mol. The lowest BCUT2D eigenvalue weighted by molar-refractivity contribution is -0.117. The molecule has 31 heavy (non-hydrogen) atoms. The Morgan fingerprint density at radius 2 is 1.55 bits per heavy atom. The van der Waals surface area contributed by atoms with Gasteiger partial charge >= 0.3 is 0 Å². The van der Waals surface area contributed by atoms with Gasteiger partial charge in [0.15, 0.2) is 5.76 Å². The van der Waals surface area contributed by atoms with Crippen LogP contribution in [0.25, 0.3) is 22.6 Å². The molecule has 0 fully saturated rings. The Labute approximate surface area is 180 Å². The SMILES string of the molecule is COc1ccc(-c2nc(CC(N)=O)oc2-c2ccc(OCc3ccccc3)cc2)cc1. The molecule has 0 aliphatic carbocycles. The molecule has 0 bridgehead atoms. The molecule has 4 rings (SSSR count). The maximum Gasteiger partial charge on any atom is 0.226 e. The van der Waals surface area contributed by atoms with Crippen LogP contribution in [0, 0.1) is 0 Å². The van der Waals surface area contributed by atoms with Crippen LogP contribution in [0.1, 0.15) is 11.5 Å². The molecule has 1 heterocycles. The summed E-state index contributed by atoms with van der Waals surface area (Å²) in [7, 11) is 1.61. The van der Waals surface area contributed by atoms with Crippen molar-refractivity contribution < 1.29 is 18.7 Å². The molecule has 0 radical (unpaired) electrons. The molecule has 0 aliphatic rings. The van der Waals surface area contributed by atoms with Crippen LogP contribution in [0.15, 0.2) is 83.3 Å². The van der Waals surface area contributed by atoms with Gasteiger partial charge in [0.25, 0.3) is 0 Å². The van der Waals surface area contributed by atoms with Gasteiger partial charge in [0.2, 0.25) is 11.8 Å². The van der Waals surface area contributed by atoms with Gasteiger partial charge in [-0.1, -0.05) is 30.3 Å². The number of carbonyl (C=O) groups is 1. The number of ether oxygens (including phenoxy) is 2. The molecule has 4 aromatic rings. The van der Waals surface area contributed by atoms with Crippen LogP contribution in [-0.4, -0.2) is 18.0 Å². The fourth-order valence-corrected chi connectivity index (χ4v) is 3.17. The quantitative estimate of drug-likeness (QED) is 0.454. The second-order valence-corrected chi connectivity index (χ2v) is 6.96. The van der Waals surface area contributed by atoms with E-state index in [2.05, 4.69) is 4.98 Å². The van der Waals surface area contributed by atoms with Crippen LogP contribution >= 0.6 is 0 Å². The van der Waals surface area contributed by atoms with Crippen molar-refractivity contribution in [1.29, 1.82) is 0 Å². The van der Waals surface area contributed by atoms with Crippen molar-refractivity contribution in [3.05, 3.63) is 90.3 Å². The van der Waals surface area contributed by atoms with Crippen LogP contribution in [0.4, 0.5) is 0 Å². The van der Waals surface area contributed by atoms with Crippen LogP contribution in [0.3, 0.4) is 0 Å². The Hall–Kier alpha value is -4.06. The van der Waals surface area contributed by atoms with E-state index in [-0.39, 0.29) is 12.3 Å². The zero-order valence-corrected chi connectivity index (χ0v) is 17.1. The van der Waals surface area contributed by atoms with E-state index in [1.807, 2.05) is 78.9 Å². The smallest absolute Gasteiger partial charge is 0.226 e. The Morgan fingerprint density at radius 3 is 2.19 bits per heavy atom. The molecule has 0 saturated heterocycles. The third kappa shape index (κ3) is 4.93. The van der Waals surface area contributed by atoms with E-state index < -0.39 is 5.91 Å². The number of methoxy groups -OCH3 is 1. The number of carbonyl (C=O) groups excluding carboxylic acids is 1. The number of oxazole rings is 1. The molecule has 0 spiro atoms. The summed E-state index contributed by atoms with van der Waals surface area (Å²) >= 11 is 0. The summed E-state index contributed by atoms with van der Waals surface area (Å²) < 4.78 is 17.0. The highest BCUT2D eigenvalue weighted by molar-refractivity contribution is 5.79. The molecule has 1 aromatic heterocycles. The Bertz CT molecular complexity index is 1150. The summed E-state index contributed by atoms with van der Waals surface area (Å²) in [5.74, 6) is 1.83. The molecule has 156 valence electrons. The van der Waals surface area contributed by atoms with E-state index in [1.165, 1.54) is 0 Å². The van der Waals surface area contributed by atoms with Gasteiger partial charge in [-0.3, -0.25) is 4.79 Å². The Balaban J connectivity index is 1.61. The minimum absolute atomic E-state index is 0.0680. The molecule has 0 atom stereocenters. The lowest BCUT2D eigenvalue weighted by atomic mass is 10.1. The van der Waals surface area contributed by atoms with Crippen LogP contribution < -0.4 is 15.2 Å². The van der Waals surface area contributed by atoms with Crippen LogP contribution in [0.2, 0.25) is 0 Å². The van der Waals surface area contributed by atoms with Gasteiger partial charge in [0, 0.05) is 11.1 Å². The third-order valence-electron chi connectivity index (χ3n) is 4.73. The topological polar surface area (TPSA) is 87.6 Å². The number of benzene rings is 3. The number of rotatable bonds is 8. The highest BCUT2D eigenvalue weighted by Gasteiger charge is 2.18. The molecule has 3 aromatic carbocycles. The Kier molecular flexibility index (Phi) is 5.98. The second-order valence-electron chi connectivity index (χ2n) is 6.96. The van der Waals surface area contributed by atoms with Gasteiger partial charge in [0.05, 0.1) is 7.11 Å². The first-order chi connectivity index (χ1) is 15.1. The molecule has 6 nitrogen and oxygen atoms in total. The number of amides is 1. The number of nitrogens with two attached hydrogens (primary N) is 1. The van der Waals surface area contributed by atoms with Gasteiger partial charge in [-0.05, 0) is 54.1 Å². The van der Waals surface area contributed by atoms with Gasteiger partial charge in [-0.15, -0.1) is 0 Å². The largest absolute Gasteiger partial charge is 0.497 e. The molecule has 0 aliphatic heterocycles. The molecule has 6 heteroatoms. The third-order valence-corrected chi connectivity index (χ3v) is 4.73. The van der Waals surface area contributed by atoms with Crippen molar-refractivity contribution in [2.24, 2.45) is 5.73 Å². The van der Waals surface area contributed by atoms with Gasteiger partial charge in [0.1, 0.15) is 30.2 Å². The van der Waals surface area contributed by atoms with E-state index >= 15 is 0 Å².